The van der Waals surface area contributed by atoms with Crippen LogP contribution in [-0.4, -0.2) is 34.5 Å². The Labute approximate surface area is 207 Å². The molecule has 10 heteroatoms. The molecule has 0 saturated carbocycles. The van der Waals surface area contributed by atoms with Crippen LogP contribution in [0.15, 0.2) is 54.0 Å². The van der Waals surface area contributed by atoms with Crippen molar-refractivity contribution >= 4 is 23.5 Å². The standard InChI is InChI=1S/C25H26ClFN4O4/c1-4-7-19-22(24(32)34-5-2)23(31-25(30-19)28-14-29-31)15-10-11-20(21(12-15)33-3)35-13-16-17(26)8-6-9-18(16)27/h6,8-12,14,23H,4-5,7,13H2,1-3H3,(H,28,29,30)/t23-/m0/s1. The molecule has 2 heterocycles. The molecule has 3 aromatic rings. The minimum Gasteiger partial charge on any atom is -0.493 e. The minimum atomic E-state index is -0.585. The second-order valence-corrected chi connectivity index (χ2v) is 8.22. The van der Waals surface area contributed by atoms with E-state index in [1.54, 1.807) is 29.8 Å². The fourth-order valence-electron chi connectivity index (χ4n) is 4.01. The molecule has 0 spiro atoms. The first kappa shape index (κ1) is 24.5. The van der Waals surface area contributed by atoms with Gasteiger partial charge in [0.05, 0.1) is 24.3 Å². The molecule has 0 aliphatic carbocycles. The van der Waals surface area contributed by atoms with Crippen LogP contribution in [0.2, 0.25) is 5.02 Å². The average Bonchev–Trinajstić information content (AvgIpc) is 3.31. The van der Waals surface area contributed by atoms with Gasteiger partial charge in [0.1, 0.15) is 24.8 Å². The summed E-state index contributed by atoms with van der Waals surface area (Å²) >= 11 is 6.12. The summed E-state index contributed by atoms with van der Waals surface area (Å²) in [7, 11) is 1.51. The fraction of sp³-hybridized carbons (Fsp3) is 0.320. The zero-order valence-corrected chi connectivity index (χ0v) is 20.4. The van der Waals surface area contributed by atoms with E-state index < -0.39 is 17.8 Å². The second-order valence-electron chi connectivity index (χ2n) is 7.82. The number of esters is 1. The molecule has 0 bridgehead atoms. The van der Waals surface area contributed by atoms with Crippen molar-refractivity contribution in [1.29, 1.82) is 0 Å². The van der Waals surface area contributed by atoms with Crippen molar-refractivity contribution in [1.82, 2.24) is 14.8 Å². The minimum absolute atomic E-state index is 0.0730. The number of allylic oxidation sites excluding steroid dienone is 1. The molecular weight excluding hydrogens is 475 g/mol. The highest BCUT2D eigenvalue weighted by molar-refractivity contribution is 6.31. The third-order valence-corrected chi connectivity index (χ3v) is 5.97. The summed E-state index contributed by atoms with van der Waals surface area (Å²) in [6.07, 6.45) is 2.89. The molecule has 1 aromatic heterocycles. The van der Waals surface area contributed by atoms with Crippen LogP contribution < -0.4 is 14.8 Å². The van der Waals surface area contributed by atoms with Gasteiger partial charge in [0.15, 0.2) is 11.5 Å². The van der Waals surface area contributed by atoms with Crippen molar-refractivity contribution in [2.45, 2.75) is 39.3 Å². The number of nitrogens with zero attached hydrogens (tertiary/aromatic N) is 3. The third kappa shape index (κ3) is 4.95. The zero-order valence-electron chi connectivity index (χ0n) is 19.7. The van der Waals surface area contributed by atoms with E-state index in [1.165, 1.54) is 25.6 Å². The molecule has 184 valence electrons. The first-order valence-electron chi connectivity index (χ1n) is 11.3. The van der Waals surface area contributed by atoms with Gasteiger partial charge < -0.3 is 19.5 Å². The topological polar surface area (TPSA) is 87.5 Å². The van der Waals surface area contributed by atoms with Crippen LogP contribution in [0.5, 0.6) is 11.5 Å². The maximum Gasteiger partial charge on any atom is 0.338 e. The summed E-state index contributed by atoms with van der Waals surface area (Å²) < 4.78 is 32.6. The van der Waals surface area contributed by atoms with Crippen LogP contribution in [0, 0.1) is 5.82 Å². The number of nitrogens with one attached hydrogen (secondary N) is 1. The van der Waals surface area contributed by atoms with E-state index in [2.05, 4.69) is 15.4 Å². The number of fused-ring (bicyclic) bond motifs is 1. The van der Waals surface area contributed by atoms with Crippen molar-refractivity contribution in [3.05, 3.63) is 76.0 Å². The zero-order chi connectivity index (χ0) is 24.9. The van der Waals surface area contributed by atoms with Crippen molar-refractivity contribution in [2.75, 3.05) is 19.0 Å². The summed E-state index contributed by atoms with van der Waals surface area (Å²) in [6, 6.07) is 9.17. The predicted octanol–water partition coefficient (Wildman–Crippen LogP) is 5.29. The molecule has 0 unspecified atom stereocenters. The summed E-state index contributed by atoms with van der Waals surface area (Å²) in [6.45, 7) is 3.97. The molecule has 0 radical (unpaired) electrons. The number of aromatic nitrogens is 3. The van der Waals surface area contributed by atoms with Crippen molar-refractivity contribution in [3.63, 3.8) is 0 Å². The quantitative estimate of drug-likeness (QED) is 0.399. The van der Waals surface area contributed by atoms with Crippen molar-refractivity contribution < 1.29 is 23.4 Å². The number of anilines is 1. The Bertz CT molecular complexity index is 1240. The highest BCUT2D eigenvalue weighted by atomic mass is 35.5. The molecule has 0 fully saturated rings. The molecule has 1 aliphatic heterocycles. The van der Waals surface area contributed by atoms with Gasteiger partial charge in [-0.2, -0.15) is 10.1 Å². The smallest absolute Gasteiger partial charge is 0.338 e. The molecule has 2 aromatic carbocycles. The highest BCUT2D eigenvalue weighted by Crippen LogP contribution is 2.40. The van der Waals surface area contributed by atoms with Crippen LogP contribution in [0.25, 0.3) is 0 Å². The van der Waals surface area contributed by atoms with E-state index in [0.29, 0.717) is 29.4 Å². The first-order valence-corrected chi connectivity index (χ1v) is 11.7. The van der Waals surface area contributed by atoms with Gasteiger partial charge in [-0.25, -0.2) is 13.9 Å². The molecule has 4 rings (SSSR count). The Morgan fingerprint density at radius 2 is 2.06 bits per heavy atom. The molecule has 1 aliphatic rings. The van der Waals surface area contributed by atoms with Gasteiger partial charge in [-0.05, 0) is 43.2 Å². The van der Waals surface area contributed by atoms with E-state index in [1.807, 2.05) is 13.0 Å². The number of hydrogen-bond acceptors (Lipinski definition) is 7. The van der Waals surface area contributed by atoms with Gasteiger partial charge in [0, 0.05) is 11.3 Å². The largest absolute Gasteiger partial charge is 0.493 e. The normalized spacial score (nSPS) is 14.8. The molecule has 35 heavy (non-hydrogen) atoms. The summed E-state index contributed by atoms with van der Waals surface area (Å²) in [5, 5.41) is 7.85. The Hall–Kier alpha value is -3.59. The number of hydrogen-bond donors (Lipinski definition) is 1. The highest BCUT2D eigenvalue weighted by Gasteiger charge is 2.35. The number of rotatable bonds is 9. The van der Waals surface area contributed by atoms with Gasteiger partial charge in [0.2, 0.25) is 5.95 Å². The Morgan fingerprint density at radius 1 is 1.23 bits per heavy atom. The molecule has 8 nitrogen and oxygen atoms in total. The lowest BCUT2D eigenvalue weighted by Crippen LogP contribution is -2.30. The Kier molecular flexibility index (Phi) is 7.55. The van der Waals surface area contributed by atoms with E-state index in [-0.39, 0.29) is 23.8 Å². The number of ether oxygens (including phenoxy) is 3. The maximum absolute atomic E-state index is 14.2. The number of carbonyl (C=O) groups excluding carboxylic acids is 1. The van der Waals surface area contributed by atoms with E-state index >= 15 is 0 Å². The Balaban J connectivity index is 1.72. The van der Waals surface area contributed by atoms with E-state index in [4.69, 9.17) is 25.8 Å². The van der Waals surface area contributed by atoms with Crippen LogP contribution in [0.4, 0.5) is 10.3 Å². The number of benzene rings is 2. The van der Waals surface area contributed by atoms with Crippen LogP contribution in [-0.2, 0) is 16.1 Å². The number of halogens is 2. The summed E-state index contributed by atoms with van der Waals surface area (Å²) in [5.41, 5.74) is 2.18. The van der Waals surface area contributed by atoms with Gasteiger partial charge >= 0.3 is 5.97 Å². The summed E-state index contributed by atoms with van der Waals surface area (Å²) in [5.74, 6) is 0.464. The maximum atomic E-state index is 14.2. The van der Waals surface area contributed by atoms with Crippen molar-refractivity contribution in [2.24, 2.45) is 0 Å². The summed E-state index contributed by atoms with van der Waals surface area (Å²) in [4.78, 5) is 17.4. The second kappa shape index (κ2) is 10.8. The average molecular weight is 501 g/mol. The first-order chi connectivity index (χ1) is 17.0. The molecule has 0 amide bonds. The van der Waals surface area contributed by atoms with Crippen molar-refractivity contribution in [3.8, 4) is 11.5 Å². The lowest BCUT2D eigenvalue weighted by molar-refractivity contribution is -0.139. The molecule has 1 atom stereocenters. The van der Waals surface area contributed by atoms with Crippen LogP contribution >= 0.6 is 11.6 Å². The third-order valence-electron chi connectivity index (χ3n) is 5.61. The van der Waals surface area contributed by atoms with Crippen LogP contribution in [0.3, 0.4) is 0 Å². The van der Waals surface area contributed by atoms with Gasteiger partial charge in [0.25, 0.3) is 0 Å². The lowest BCUT2D eigenvalue weighted by atomic mass is 9.93. The molecular formula is C25H26ClFN4O4. The number of methoxy groups -OCH3 is 1. The van der Waals surface area contributed by atoms with Crippen LogP contribution in [0.1, 0.15) is 43.9 Å². The van der Waals surface area contributed by atoms with Gasteiger partial charge in [-0.1, -0.05) is 37.1 Å². The van der Waals surface area contributed by atoms with E-state index in [9.17, 15) is 9.18 Å². The Morgan fingerprint density at radius 3 is 2.77 bits per heavy atom. The lowest BCUT2D eigenvalue weighted by Gasteiger charge is -2.29. The molecule has 1 N–H and O–H groups in total. The monoisotopic (exact) mass is 500 g/mol. The van der Waals surface area contributed by atoms with Gasteiger partial charge in [-0.3, -0.25) is 0 Å². The number of carbonyl (C=O) groups is 1. The van der Waals surface area contributed by atoms with E-state index in [0.717, 1.165) is 17.7 Å². The SMILES string of the molecule is CCCC1=C(C(=O)OCC)[C@H](c2ccc(OCc3c(F)cccc3Cl)c(OC)c2)n2ncnc2N1. The predicted molar refractivity (Wildman–Crippen MR) is 129 cm³/mol. The van der Waals surface area contributed by atoms with Gasteiger partial charge in [-0.15, -0.1) is 0 Å². The fourth-order valence-corrected chi connectivity index (χ4v) is 4.23. The molecule has 0 saturated heterocycles.